The van der Waals surface area contributed by atoms with Crippen LogP contribution in [-0.2, 0) is 17.6 Å². The molecule has 130 valence electrons. The van der Waals surface area contributed by atoms with Crippen LogP contribution in [0.25, 0.3) is 0 Å². The van der Waals surface area contributed by atoms with Gasteiger partial charge in [0, 0.05) is 6.04 Å². The molecule has 2 aromatic carbocycles. The van der Waals surface area contributed by atoms with Gasteiger partial charge in [0.2, 0.25) is 5.91 Å². The predicted octanol–water partition coefficient (Wildman–Crippen LogP) is 3.60. The molecule has 1 amide bonds. The fourth-order valence-electron chi connectivity index (χ4n) is 3.71. The van der Waals surface area contributed by atoms with Gasteiger partial charge in [0.05, 0.1) is 18.0 Å². The molecule has 1 aliphatic heterocycles. The second-order valence-electron chi connectivity index (χ2n) is 6.51. The molecule has 1 aliphatic rings. The largest absolute Gasteiger partial charge is 0.478 e. The molecule has 0 radical (unpaired) electrons. The first kappa shape index (κ1) is 17.1. The van der Waals surface area contributed by atoms with Crippen LogP contribution in [0.1, 0.15) is 46.9 Å². The van der Waals surface area contributed by atoms with Crippen LogP contribution in [0.3, 0.4) is 0 Å². The molecule has 0 aromatic heterocycles. The minimum absolute atomic E-state index is 0.0354. The second kappa shape index (κ2) is 6.67. The number of rotatable bonds is 3. The smallest absolute Gasteiger partial charge is 0.335 e. The van der Waals surface area contributed by atoms with E-state index in [0.29, 0.717) is 12.0 Å². The number of carbonyl (C=O) groups excluding carboxylic acids is 1. The van der Waals surface area contributed by atoms with E-state index in [9.17, 15) is 19.1 Å². The molecule has 0 aliphatic carbocycles. The molecule has 4 nitrogen and oxygen atoms in total. The zero-order chi connectivity index (χ0) is 18.1. The molecule has 1 N–H and O–H groups in total. The zero-order valence-electron chi connectivity index (χ0n) is 14.2. The van der Waals surface area contributed by atoms with Gasteiger partial charge >= 0.3 is 5.97 Å². The number of hydrogen-bond donors (Lipinski definition) is 1. The molecule has 5 heteroatoms. The summed E-state index contributed by atoms with van der Waals surface area (Å²) in [5.41, 5.74) is 2.52. The molecule has 25 heavy (non-hydrogen) atoms. The summed E-state index contributed by atoms with van der Waals surface area (Å²) in [4.78, 5) is 26.0. The van der Waals surface area contributed by atoms with Crippen molar-refractivity contribution in [1.29, 1.82) is 0 Å². The fraction of sp³-hybridized carbons (Fsp3) is 0.300. The molecule has 0 saturated carbocycles. The highest BCUT2D eigenvalue weighted by molar-refractivity contribution is 5.91. The van der Waals surface area contributed by atoms with Crippen LogP contribution in [-0.4, -0.2) is 27.9 Å². The molecule has 2 unspecified atom stereocenters. The lowest BCUT2D eigenvalue weighted by atomic mass is 9.88. The SMILES string of the molecule is CC1Cc2cc(F)ccc2C(C)N1C(=O)Cc1ccccc1C(=O)O. The Kier molecular flexibility index (Phi) is 4.57. The number of carboxylic acid groups (broad SMARTS) is 1. The number of nitrogens with zero attached hydrogens (tertiary/aromatic N) is 1. The van der Waals surface area contributed by atoms with Crippen LogP contribution in [0.5, 0.6) is 0 Å². The van der Waals surface area contributed by atoms with Crippen molar-refractivity contribution in [2.45, 2.75) is 38.8 Å². The van der Waals surface area contributed by atoms with Gasteiger partial charge in [0.1, 0.15) is 5.82 Å². The molecule has 0 spiro atoms. The highest BCUT2D eigenvalue weighted by atomic mass is 19.1. The fourth-order valence-corrected chi connectivity index (χ4v) is 3.71. The van der Waals surface area contributed by atoms with E-state index in [2.05, 4.69) is 0 Å². The average Bonchev–Trinajstić information content (AvgIpc) is 2.54. The summed E-state index contributed by atoms with van der Waals surface area (Å²) < 4.78 is 13.5. The summed E-state index contributed by atoms with van der Waals surface area (Å²) >= 11 is 0. The van der Waals surface area contributed by atoms with Crippen molar-refractivity contribution in [2.75, 3.05) is 0 Å². The number of hydrogen-bond acceptors (Lipinski definition) is 2. The maximum absolute atomic E-state index is 13.5. The van der Waals surface area contributed by atoms with E-state index < -0.39 is 5.97 Å². The molecule has 0 saturated heterocycles. The Morgan fingerprint density at radius 1 is 1.20 bits per heavy atom. The monoisotopic (exact) mass is 341 g/mol. The lowest BCUT2D eigenvalue weighted by Crippen LogP contribution is -2.45. The third kappa shape index (κ3) is 3.27. The lowest BCUT2D eigenvalue weighted by molar-refractivity contribution is -0.135. The first-order valence-corrected chi connectivity index (χ1v) is 8.29. The number of carbonyl (C=O) groups is 2. The van der Waals surface area contributed by atoms with Gasteiger partial charge in [-0.05, 0) is 55.2 Å². The lowest BCUT2D eigenvalue weighted by Gasteiger charge is -2.40. The number of halogens is 1. The number of carboxylic acids is 1. The standard InChI is InChI=1S/C20H20FNO3/c1-12-9-15-10-16(21)7-8-17(15)13(2)22(12)19(23)11-14-5-3-4-6-18(14)20(24)25/h3-8,10,12-13H,9,11H2,1-2H3,(H,24,25). The van der Waals surface area contributed by atoms with Crippen molar-refractivity contribution < 1.29 is 19.1 Å². The molecule has 0 fully saturated rings. The molecular weight excluding hydrogens is 321 g/mol. The van der Waals surface area contributed by atoms with Crippen molar-refractivity contribution in [2.24, 2.45) is 0 Å². The maximum Gasteiger partial charge on any atom is 0.335 e. The minimum atomic E-state index is -1.04. The number of benzene rings is 2. The number of amides is 1. The zero-order valence-corrected chi connectivity index (χ0v) is 14.2. The molecule has 2 atom stereocenters. The molecular formula is C20H20FNO3. The number of fused-ring (bicyclic) bond motifs is 1. The van der Waals surface area contributed by atoms with Crippen molar-refractivity contribution in [3.8, 4) is 0 Å². The Bertz CT molecular complexity index is 833. The van der Waals surface area contributed by atoms with Crippen LogP contribution in [0.2, 0.25) is 0 Å². The van der Waals surface area contributed by atoms with Crippen molar-refractivity contribution >= 4 is 11.9 Å². The first-order valence-electron chi connectivity index (χ1n) is 8.29. The van der Waals surface area contributed by atoms with Crippen LogP contribution < -0.4 is 0 Å². The van der Waals surface area contributed by atoms with Gasteiger partial charge in [0.15, 0.2) is 0 Å². The molecule has 2 aromatic rings. The summed E-state index contributed by atoms with van der Waals surface area (Å²) in [7, 11) is 0. The van der Waals surface area contributed by atoms with Crippen LogP contribution >= 0.6 is 0 Å². The number of aromatic carboxylic acids is 1. The highest BCUT2D eigenvalue weighted by Crippen LogP contribution is 2.33. The van der Waals surface area contributed by atoms with E-state index in [0.717, 1.165) is 11.1 Å². The Morgan fingerprint density at radius 3 is 2.64 bits per heavy atom. The summed E-state index contributed by atoms with van der Waals surface area (Å²) in [6, 6.07) is 11.0. The molecule has 1 heterocycles. The van der Waals surface area contributed by atoms with Crippen molar-refractivity contribution in [1.82, 2.24) is 4.90 Å². The maximum atomic E-state index is 13.5. The van der Waals surface area contributed by atoms with Gasteiger partial charge in [-0.3, -0.25) is 4.79 Å². The Labute approximate surface area is 145 Å². The Balaban J connectivity index is 1.88. The molecule has 3 rings (SSSR count). The van der Waals surface area contributed by atoms with Crippen LogP contribution in [0.15, 0.2) is 42.5 Å². The third-order valence-corrected chi connectivity index (χ3v) is 4.84. The van der Waals surface area contributed by atoms with E-state index in [1.807, 2.05) is 13.8 Å². The Hall–Kier alpha value is -2.69. The topological polar surface area (TPSA) is 57.6 Å². The van der Waals surface area contributed by atoms with Gasteiger partial charge in [-0.1, -0.05) is 24.3 Å². The van der Waals surface area contributed by atoms with E-state index in [1.54, 1.807) is 29.2 Å². The van der Waals surface area contributed by atoms with E-state index in [-0.39, 0.29) is 35.8 Å². The summed E-state index contributed by atoms with van der Waals surface area (Å²) in [6.07, 6.45) is 0.622. The van der Waals surface area contributed by atoms with Gasteiger partial charge in [-0.2, -0.15) is 0 Å². The molecule has 0 bridgehead atoms. The third-order valence-electron chi connectivity index (χ3n) is 4.84. The van der Waals surface area contributed by atoms with E-state index in [1.165, 1.54) is 18.2 Å². The second-order valence-corrected chi connectivity index (χ2v) is 6.51. The average molecular weight is 341 g/mol. The summed E-state index contributed by atoms with van der Waals surface area (Å²) in [5.74, 6) is -1.43. The normalized spacial score (nSPS) is 19.4. The van der Waals surface area contributed by atoms with Crippen LogP contribution in [0, 0.1) is 5.82 Å². The quantitative estimate of drug-likeness (QED) is 0.928. The van der Waals surface area contributed by atoms with Gasteiger partial charge in [-0.15, -0.1) is 0 Å². The Morgan fingerprint density at radius 2 is 1.92 bits per heavy atom. The van der Waals surface area contributed by atoms with Crippen LogP contribution in [0.4, 0.5) is 4.39 Å². The van der Waals surface area contributed by atoms with E-state index in [4.69, 9.17) is 0 Å². The highest BCUT2D eigenvalue weighted by Gasteiger charge is 2.33. The van der Waals surface area contributed by atoms with Gasteiger partial charge in [0.25, 0.3) is 0 Å². The van der Waals surface area contributed by atoms with Gasteiger partial charge in [-0.25, -0.2) is 9.18 Å². The summed E-state index contributed by atoms with van der Waals surface area (Å²) in [6.45, 7) is 3.86. The van der Waals surface area contributed by atoms with Crippen molar-refractivity contribution in [3.05, 3.63) is 70.5 Å². The van der Waals surface area contributed by atoms with Crippen molar-refractivity contribution in [3.63, 3.8) is 0 Å². The summed E-state index contributed by atoms with van der Waals surface area (Å²) in [5, 5.41) is 9.29. The first-order chi connectivity index (χ1) is 11.9. The predicted molar refractivity (Wildman–Crippen MR) is 91.9 cm³/mol. The van der Waals surface area contributed by atoms with E-state index >= 15 is 0 Å². The van der Waals surface area contributed by atoms with Gasteiger partial charge < -0.3 is 10.0 Å². The minimum Gasteiger partial charge on any atom is -0.478 e.